The van der Waals surface area contributed by atoms with Gasteiger partial charge in [0.2, 0.25) is 5.88 Å². The first-order valence-corrected chi connectivity index (χ1v) is 3.84. The normalized spacial score (nSPS) is 10.4. The quantitative estimate of drug-likeness (QED) is 0.760. The van der Waals surface area contributed by atoms with E-state index in [9.17, 15) is 8.78 Å². The zero-order valence-corrected chi connectivity index (χ0v) is 7.00. The second-order valence-electron chi connectivity index (χ2n) is 2.77. The summed E-state index contributed by atoms with van der Waals surface area (Å²) in [4.78, 5) is 0. The molecule has 0 amide bonds. The average molecular weight is 196 g/mol. The van der Waals surface area contributed by atoms with Crippen LogP contribution in [0.25, 0.3) is 11.3 Å². The molecule has 0 aliphatic heterocycles. The van der Waals surface area contributed by atoms with E-state index in [1.807, 2.05) is 0 Å². The molecule has 1 heterocycles. The maximum Gasteiger partial charge on any atom is 0.222 e. The summed E-state index contributed by atoms with van der Waals surface area (Å²) in [6, 6.07) is 4.49. The van der Waals surface area contributed by atoms with Gasteiger partial charge in [0, 0.05) is 17.7 Å². The van der Waals surface area contributed by atoms with Gasteiger partial charge in [0.1, 0.15) is 17.3 Å². The van der Waals surface area contributed by atoms with E-state index in [-0.39, 0.29) is 5.88 Å². The molecule has 0 spiro atoms. The Morgan fingerprint density at radius 3 is 2.21 bits per heavy atom. The third-order valence-corrected chi connectivity index (χ3v) is 1.69. The lowest BCUT2D eigenvalue weighted by Crippen LogP contribution is -1.83. The van der Waals surface area contributed by atoms with Gasteiger partial charge in [0.15, 0.2) is 0 Å². The Labute approximate surface area is 78.1 Å². The van der Waals surface area contributed by atoms with E-state index in [1.165, 1.54) is 6.07 Å². The van der Waals surface area contributed by atoms with Gasteiger partial charge in [-0.2, -0.15) is 0 Å². The first-order valence-electron chi connectivity index (χ1n) is 3.84. The molecule has 0 bridgehead atoms. The maximum atomic E-state index is 12.8. The standard InChI is InChI=1S/C9H6F2N2O/c10-6-1-5(2-7(11)3-6)8-4-9(12)14-13-8/h1-4H,12H2. The Kier molecular flexibility index (Phi) is 1.92. The molecule has 0 radical (unpaired) electrons. The van der Waals surface area contributed by atoms with Crippen LogP contribution >= 0.6 is 0 Å². The summed E-state index contributed by atoms with van der Waals surface area (Å²) in [6.45, 7) is 0. The Morgan fingerprint density at radius 1 is 1.07 bits per heavy atom. The topological polar surface area (TPSA) is 52.0 Å². The van der Waals surface area contributed by atoms with Crippen molar-refractivity contribution >= 4 is 5.88 Å². The molecule has 2 rings (SSSR count). The summed E-state index contributed by atoms with van der Waals surface area (Å²) in [5.74, 6) is -1.23. The van der Waals surface area contributed by atoms with E-state index in [1.54, 1.807) is 0 Å². The van der Waals surface area contributed by atoms with Gasteiger partial charge in [0.25, 0.3) is 0 Å². The predicted molar refractivity (Wildman–Crippen MR) is 46.3 cm³/mol. The lowest BCUT2D eigenvalue weighted by Gasteiger charge is -1.95. The highest BCUT2D eigenvalue weighted by Crippen LogP contribution is 2.21. The zero-order chi connectivity index (χ0) is 10.1. The Bertz CT molecular complexity index is 447. The maximum absolute atomic E-state index is 12.8. The Morgan fingerprint density at radius 2 is 1.71 bits per heavy atom. The largest absolute Gasteiger partial charge is 0.368 e. The van der Waals surface area contributed by atoms with E-state index in [0.29, 0.717) is 11.3 Å². The number of halogens is 2. The van der Waals surface area contributed by atoms with Crippen LogP contribution in [0.1, 0.15) is 0 Å². The van der Waals surface area contributed by atoms with Crippen LogP contribution in [0.5, 0.6) is 0 Å². The van der Waals surface area contributed by atoms with Gasteiger partial charge in [-0.05, 0) is 12.1 Å². The van der Waals surface area contributed by atoms with Gasteiger partial charge >= 0.3 is 0 Å². The summed E-state index contributed by atoms with van der Waals surface area (Å²) in [7, 11) is 0. The highest BCUT2D eigenvalue weighted by atomic mass is 19.1. The first-order chi connectivity index (χ1) is 6.65. The van der Waals surface area contributed by atoms with Crippen molar-refractivity contribution in [2.75, 3.05) is 5.73 Å². The predicted octanol–water partition coefficient (Wildman–Crippen LogP) is 2.20. The number of benzene rings is 1. The van der Waals surface area contributed by atoms with Crippen LogP contribution in [0.3, 0.4) is 0 Å². The number of hydrogen-bond acceptors (Lipinski definition) is 3. The van der Waals surface area contributed by atoms with Gasteiger partial charge in [-0.25, -0.2) is 8.78 Å². The molecule has 0 fully saturated rings. The van der Waals surface area contributed by atoms with Crippen molar-refractivity contribution in [3.05, 3.63) is 35.9 Å². The molecule has 2 aromatic rings. The Balaban J connectivity index is 2.51. The van der Waals surface area contributed by atoms with Gasteiger partial charge in [0.05, 0.1) is 0 Å². The van der Waals surface area contributed by atoms with Crippen molar-refractivity contribution in [1.82, 2.24) is 5.16 Å². The molecule has 72 valence electrons. The molecule has 0 unspecified atom stereocenters. The van der Waals surface area contributed by atoms with E-state index in [2.05, 4.69) is 9.68 Å². The van der Waals surface area contributed by atoms with Crippen molar-refractivity contribution < 1.29 is 13.3 Å². The molecule has 0 aliphatic rings. The van der Waals surface area contributed by atoms with Crippen LogP contribution in [0.4, 0.5) is 14.7 Å². The number of hydrogen-bond donors (Lipinski definition) is 1. The highest BCUT2D eigenvalue weighted by Gasteiger charge is 2.07. The van der Waals surface area contributed by atoms with Crippen LogP contribution in [0.15, 0.2) is 28.8 Å². The molecule has 0 saturated heterocycles. The molecule has 2 N–H and O–H groups in total. The minimum Gasteiger partial charge on any atom is -0.368 e. The highest BCUT2D eigenvalue weighted by molar-refractivity contribution is 5.61. The second-order valence-corrected chi connectivity index (χ2v) is 2.77. The lowest BCUT2D eigenvalue weighted by atomic mass is 10.1. The fourth-order valence-corrected chi connectivity index (χ4v) is 1.13. The summed E-state index contributed by atoms with van der Waals surface area (Å²) in [5.41, 5.74) is 5.88. The number of nitrogen functional groups attached to an aromatic ring is 1. The van der Waals surface area contributed by atoms with Crippen molar-refractivity contribution in [2.45, 2.75) is 0 Å². The third kappa shape index (κ3) is 1.56. The summed E-state index contributed by atoms with van der Waals surface area (Å²) >= 11 is 0. The third-order valence-electron chi connectivity index (χ3n) is 1.69. The zero-order valence-electron chi connectivity index (χ0n) is 7.00. The van der Waals surface area contributed by atoms with Crippen LogP contribution in [0, 0.1) is 11.6 Å². The molecule has 5 heteroatoms. The summed E-state index contributed by atoms with van der Waals surface area (Å²) in [5, 5.41) is 3.53. The molecule has 1 aromatic carbocycles. The Hall–Kier alpha value is -1.91. The minimum absolute atomic E-state index is 0.102. The second kappa shape index (κ2) is 3.10. The van der Waals surface area contributed by atoms with Crippen LogP contribution < -0.4 is 5.73 Å². The number of aromatic nitrogens is 1. The molecule has 1 aromatic heterocycles. The van der Waals surface area contributed by atoms with Crippen LogP contribution in [-0.4, -0.2) is 5.16 Å². The molecule has 0 aliphatic carbocycles. The molecule has 3 nitrogen and oxygen atoms in total. The van der Waals surface area contributed by atoms with E-state index in [4.69, 9.17) is 5.73 Å². The molecule has 0 saturated carbocycles. The van der Waals surface area contributed by atoms with Crippen molar-refractivity contribution in [1.29, 1.82) is 0 Å². The van der Waals surface area contributed by atoms with Crippen molar-refractivity contribution in [3.8, 4) is 11.3 Å². The number of anilines is 1. The first kappa shape index (κ1) is 8.68. The number of nitrogens with two attached hydrogens (primary N) is 1. The van der Waals surface area contributed by atoms with Gasteiger partial charge in [-0.3, -0.25) is 0 Å². The number of rotatable bonds is 1. The molecular formula is C9H6F2N2O. The van der Waals surface area contributed by atoms with Gasteiger partial charge < -0.3 is 10.3 Å². The average Bonchev–Trinajstić information content (AvgIpc) is 2.50. The smallest absolute Gasteiger partial charge is 0.222 e. The molecular weight excluding hydrogens is 190 g/mol. The fraction of sp³-hybridized carbons (Fsp3) is 0. The van der Waals surface area contributed by atoms with Crippen molar-refractivity contribution in [3.63, 3.8) is 0 Å². The molecule has 14 heavy (non-hydrogen) atoms. The molecule has 0 atom stereocenters. The van der Waals surface area contributed by atoms with E-state index < -0.39 is 11.6 Å². The number of nitrogens with zero attached hydrogens (tertiary/aromatic N) is 1. The van der Waals surface area contributed by atoms with Crippen LogP contribution in [-0.2, 0) is 0 Å². The van der Waals surface area contributed by atoms with Gasteiger partial charge in [-0.15, -0.1) is 0 Å². The SMILES string of the molecule is Nc1cc(-c2cc(F)cc(F)c2)no1. The fourth-order valence-electron chi connectivity index (χ4n) is 1.13. The van der Waals surface area contributed by atoms with E-state index >= 15 is 0 Å². The summed E-state index contributed by atoms with van der Waals surface area (Å²) in [6.07, 6.45) is 0. The lowest BCUT2D eigenvalue weighted by molar-refractivity contribution is 0.439. The van der Waals surface area contributed by atoms with Crippen molar-refractivity contribution in [2.24, 2.45) is 0 Å². The van der Waals surface area contributed by atoms with Gasteiger partial charge in [-0.1, -0.05) is 5.16 Å². The monoisotopic (exact) mass is 196 g/mol. The van der Waals surface area contributed by atoms with Crippen LogP contribution in [0.2, 0.25) is 0 Å². The summed E-state index contributed by atoms with van der Waals surface area (Å²) < 4.78 is 30.2. The minimum atomic E-state index is -0.665. The van der Waals surface area contributed by atoms with E-state index in [0.717, 1.165) is 18.2 Å².